The van der Waals surface area contributed by atoms with E-state index in [1.807, 2.05) is 0 Å². The number of halogens is 1. The van der Waals surface area contributed by atoms with Crippen molar-refractivity contribution >= 4 is 14.2 Å². The zero-order valence-corrected chi connectivity index (χ0v) is 8.95. The Balaban J connectivity index is 0. The number of hydrogen-bond acceptors (Lipinski definition) is 1. The highest BCUT2D eigenvalue weighted by Crippen LogP contribution is 2.78. The van der Waals surface area contributed by atoms with Gasteiger partial charge in [0, 0.05) is 0 Å². The van der Waals surface area contributed by atoms with E-state index in [-0.39, 0.29) is 17.0 Å². The molecule has 0 radical (unpaired) electrons. The summed E-state index contributed by atoms with van der Waals surface area (Å²) in [5.74, 6) is 0. The maximum atomic E-state index is 10.4. The fraction of sp³-hybridized carbons (Fsp3) is 1.00. The normalized spacial score (nSPS) is 12.6. The van der Waals surface area contributed by atoms with Crippen LogP contribution < -0.4 is 17.0 Å². The van der Waals surface area contributed by atoms with Gasteiger partial charge in [0.25, 0.3) is 0 Å². The molecule has 0 rings (SSSR count). The molecule has 0 spiro atoms. The van der Waals surface area contributed by atoms with Crippen molar-refractivity contribution in [2.75, 3.05) is 20.0 Å². The van der Waals surface area contributed by atoms with Crippen molar-refractivity contribution < 1.29 is 31.3 Å². The topological polar surface area (TPSA) is 57.5 Å². The highest BCUT2D eigenvalue weighted by molar-refractivity contribution is 8.36. The maximum absolute atomic E-state index is 10.4. The van der Waals surface area contributed by atoms with E-state index >= 15 is 0 Å². The van der Waals surface area contributed by atoms with Crippen LogP contribution in [0.25, 0.3) is 0 Å². The Bertz CT molecular complexity index is 124. The lowest BCUT2D eigenvalue weighted by molar-refractivity contribution is -0.00000660. The minimum Gasteiger partial charge on any atom is -1.00 e. The van der Waals surface area contributed by atoms with Gasteiger partial charge in [-0.25, -0.2) is 4.57 Å². The third-order valence-corrected chi connectivity index (χ3v) is 7.03. The molecule has 0 unspecified atom stereocenters. The summed E-state index contributed by atoms with van der Waals surface area (Å²) in [6, 6.07) is 0. The van der Waals surface area contributed by atoms with Gasteiger partial charge in [-0.1, -0.05) is 0 Å². The predicted octanol–water partition coefficient (Wildman–Crippen LogP) is -2.01. The molecule has 0 aromatic heterocycles. The van der Waals surface area contributed by atoms with E-state index in [9.17, 15) is 4.57 Å². The fourth-order valence-corrected chi connectivity index (χ4v) is 0. The highest BCUT2D eigenvalue weighted by atomic mass is 79.9. The zero-order valence-electron chi connectivity index (χ0n) is 5.58. The van der Waals surface area contributed by atoms with Crippen molar-refractivity contribution in [2.45, 2.75) is 0 Å². The second-order valence-corrected chi connectivity index (χ2v) is 12.5. The summed E-state index contributed by atoms with van der Waals surface area (Å²) in [5, 5.41) is 0. The van der Waals surface area contributed by atoms with Gasteiger partial charge in [0.2, 0.25) is 0 Å². The maximum Gasteiger partial charge on any atom is 0.463 e. The van der Waals surface area contributed by atoms with Gasteiger partial charge in [0.15, 0.2) is 0 Å². The smallest absolute Gasteiger partial charge is 0.463 e. The lowest BCUT2D eigenvalue weighted by atomic mass is 11.9. The molecular weight excluding hydrogens is 226 g/mol. The predicted molar refractivity (Wildman–Crippen MR) is 36.7 cm³/mol. The number of hydrogen-bond donors (Lipinski definition) is 2. The molecule has 0 saturated heterocycles. The van der Waals surface area contributed by atoms with Crippen LogP contribution in [0, 0.1) is 0 Å². The summed E-state index contributed by atoms with van der Waals surface area (Å²) in [5.41, 5.74) is 0. The van der Waals surface area contributed by atoms with E-state index in [0.29, 0.717) is 0 Å². The average molecular weight is 237 g/mol. The van der Waals surface area contributed by atoms with Crippen LogP contribution in [-0.4, -0.2) is 29.8 Å². The molecule has 0 aromatic rings. The average Bonchev–Trinajstić information content (AvgIpc) is 1.25. The molecule has 3 nitrogen and oxygen atoms in total. The fourth-order valence-electron chi connectivity index (χ4n) is 0. The molecule has 0 fully saturated rings. The molecule has 0 amide bonds. The van der Waals surface area contributed by atoms with Crippen LogP contribution >= 0.6 is 14.2 Å². The Morgan fingerprint density at radius 2 is 1.33 bits per heavy atom. The Labute approximate surface area is 66.0 Å². The summed E-state index contributed by atoms with van der Waals surface area (Å²) in [4.78, 5) is 17.0. The molecule has 0 aliphatic rings. The van der Waals surface area contributed by atoms with Gasteiger partial charge >= 0.3 is 7.28 Å². The molecular formula is C3H11BrO3P2. The van der Waals surface area contributed by atoms with E-state index < -0.39 is 14.2 Å². The molecule has 0 aliphatic carbocycles. The Morgan fingerprint density at radius 1 is 1.22 bits per heavy atom. The van der Waals surface area contributed by atoms with E-state index in [2.05, 4.69) is 0 Å². The molecule has 0 bridgehead atoms. The highest BCUT2D eigenvalue weighted by Gasteiger charge is 2.40. The summed E-state index contributed by atoms with van der Waals surface area (Å²) >= 11 is 0. The minimum atomic E-state index is -3.74. The van der Waals surface area contributed by atoms with Gasteiger partial charge in [0.05, 0.1) is 20.0 Å². The second kappa shape index (κ2) is 3.45. The van der Waals surface area contributed by atoms with Crippen LogP contribution in [0.15, 0.2) is 0 Å². The van der Waals surface area contributed by atoms with Crippen LogP contribution in [0.2, 0.25) is 0 Å². The Morgan fingerprint density at radius 3 is 1.33 bits per heavy atom. The van der Waals surface area contributed by atoms with Gasteiger partial charge < -0.3 is 17.0 Å². The third kappa shape index (κ3) is 4.46. The van der Waals surface area contributed by atoms with Crippen LogP contribution in [-0.2, 0) is 4.57 Å². The van der Waals surface area contributed by atoms with Crippen molar-refractivity contribution in [1.82, 2.24) is 0 Å². The van der Waals surface area contributed by atoms with Gasteiger partial charge in [-0.15, -0.1) is 0 Å². The molecule has 0 saturated carbocycles. The van der Waals surface area contributed by atoms with E-state index in [1.165, 1.54) is 0 Å². The van der Waals surface area contributed by atoms with E-state index in [4.69, 9.17) is 9.79 Å². The number of rotatable bonds is 1. The summed E-state index contributed by atoms with van der Waals surface area (Å²) < 4.78 is 10.4. The van der Waals surface area contributed by atoms with Gasteiger partial charge in [-0.3, -0.25) is 9.79 Å². The molecule has 9 heavy (non-hydrogen) atoms. The van der Waals surface area contributed by atoms with Gasteiger partial charge in [-0.05, 0) is 0 Å². The monoisotopic (exact) mass is 236 g/mol. The van der Waals surface area contributed by atoms with Crippen molar-refractivity contribution in [3.8, 4) is 0 Å². The Kier molecular flexibility index (Phi) is 4.87. The van der Waals surface area contributed by atoms with E-state index in [1.54, 1.807) is 20.0 Å². The quantitative estimate of drug-likeness (QED) is 0.518. The lowest BCUT2D eigenvalue weighted by Crippen LogP contribution is -3.00. The molecule has 0 atom stereocenters. The summed E-state index contributed by atoms with van der Waals surface area (Å²) in [6.07, 6.45) is 0. The first-order valence-corrected chi connectivity index (χ1v) is 7.57. The lowest BCUT2D eigenvalue weighted by Gasteiger charge is -2.10. The molecule has 0 aromatic carbocycles. The first-order chi connectivity index (χ1) is 3.25. The zero-order chi connectivity index (χ0) is 7.00. The first-order valence-electron chi connectivity index (χ1n) is 2.12. The largest absolute Gasteiger partial charge is 1.00 e. The minimum absolute atomic E-state index is 0. The van der Waals surface area contributed by atoms with Gasteiger partial charge in [-0.2, -0.15) is 0 Å². The Hall–Kier alpha value is 1.06. The van der Waals surface area contributed by atoms with E-state index in [0.717, 1.165) is 0 Å². The van der Waals surface area contributed by atoms with Crippen LogP contribution in [0.3, 0.4) is 0 Å². The standard InChI is InChI=1S/C3H10O3P2.BrH/c1-7(2,3)8(4,5)6;/h1-3H3,(H-,4,5,6);1H. The van der Waals surface area contributed by atoms with Crippen molar-refractivity contribution in [3.05, 3.63) is 0 Å². The van der Waals surface area contributed by atoms with Gasteiger partial charge in [0.1, 0.15) is 6.95 Å². The second-order valence-electron chi connectivity index (χ2n) is 2.45. The SMILES string of the molecule is C[P+](C)(C)P(=O)(O)O.[Br-]. The molecule has 0 aliphatic heterocycles. The van der Waals surface area contributed by atoms with Crippen LogP contribution in [0.5, 0.6) is 0 Å². The summed E-state index contributed by atoms with van der Waals surface area (Å²) in [7, 11) is -3.74. The summed E-state index contributed by atoms with van der Waals surface area (Å²) in [6.45, 7) is 2.92. The van der Waals surface area contributed by atoms with Crippen molar-refractivity contribution in [1.29, 1.82) is 0 Å². The van der Waals surface area contributed by atoms with Crippen LogP contribution in [0.4, 0.5) is 0 Å². The first kappa shape index (κ1) is 12.7. The molecule has 0 heterocycles. The molecule has 58 valence electrons. The van der Waals surface area contributed by atoms with Crippen LogP contribution in [0.1, 0.15) is 0 Å². The molecule has 2 N–H and O–H groups in total. The van der Waals surface area contributed by atoms with Crippen molar-refractivity contribution in [3.63, 3.8) is 0 Å². The molecule has 6 heteroatoms. The third-order valence-electron chi connectivity index (χ3n) is 0.782. The van der Waals surface area contributed by atoms with Crippen molar-refractivity contribution in [2.24, 2.45) is 0 Å².